The van der Waals surface area contributed by atoms with Crippen LogP contribution < -0.4 is 0 Å². The number of carboxylic acid groups (broad SMARTS) is 1. The predicted octanol–water partition coefficient (Wildman–Crippen LogP) is -0.150. The Hall–Kier alpha value is -0.313. The largest absolute Gasteiger partial charge is 0.481 e. The lowest BCUT2D eigenvalue weighted by molar-refractivity contribution is -0.138. The third kappa shape index (κ3) is 0.292. The molecule has 0 aromatic carbocycles. The summed E-state index contributed by atoms with van der Waals surface area (Å²) >= 11 is 0. The molecule has 0 amide bonds. The summed E-state index contributed by atoms with van der Waals surface area (Å²) in [4.78, 5) is 10.4. The van der Waals surface area contributed by atoms with Gasteiger partial charge in [-0.1, -0.05) is 6.04 Å². The van der Waals surface area contributed by atoms with Crippen molar-refractivity contribution in [2.24, 2.45) is 5.92 Å². The molecular formula is C5H8O2Si. The van der Waals surface area contributed by atoms with Crippen LogP contribution in [-0.2, 0) is 4.79 Å². The second kappa shape index (κ2) is 1.00. The molecule has 0 radical (unpaired) electrons. The van der Waals surface area contributed by atoms with Crippen LogP contribution in [0, 0.1) is 5.92 Å². The lowest BCUT2D eigenvalue weighted by atomic mass is 10.3. The minimum absolute atomic E-state index is 0.0556. The van der Waals surface area contributed by atoms with Gasteiger partial charge < -0.3 is 5.11 Å². The standard InChI is InChI=1S/C5H8O2Si/c6-4(7)5-1-3(5)2-8-5/h3H,1-2,8H2,(H,6,7). The summed E-state index contributed by atoms with van der Waals surface area (Å²) in [6.45, 7) is 0. The summed E-state index contributed by atoms with van der Waals surface area (Å²) in [5.41, 5.74) is 0. The molecular weight excluding hydrogens is 120 g/mol. The van der Waals surface area contributed by atoms with E-state index < -0.39 is 5.97 Å². The van der Waals surface area contributed by atoms with Gasteiger partial charge in [0.25, 0.3) is 0 Å². The Morgan fingerprint density at radius 2 is 2.62 bits per heavy atom. The number of rotatable bonds is 1. The summed E-state index contributed by atoms with van der Waals surface area (Å²) in [5.74, 6) is 0.132. The van der Waals surface area contributed by atoms with Gasteiger partial charge in [-0.25, -0.2) is 0 Å². The molecule has 0 aromatic rings. The third-order valence-corrected chi connectivity index (χ3v) is 5.64. The van der Waals surface area contributed by atoms with Crippen molar-refractivity contribution in [3.63, 3.8) is 0 Å². The Balaban J connectivity index is 2.18. The van der Waals surface area contributed by atoms with E-state index in [-0.39, 0.29) is 14.6 Å². The van der Waals surface area contributed by atoms with Gasteiger partial charge in [0.1, 0.15) is 0 Å². The molecule has 1 saturated heterocycles. The molecule has 0 aromatic heterocycles. The molecule has 1 N–H and O–H groups in total. The second-order valence-electron chi connectivity index (χ2n) is 2.90. The van der Waals surface area contributed by atoms with Crippen LogP contribution in [0.4, 0.5) is 0 Å². The smallest absolute Gasteiger partial charge is 0.306 e. The van der Waals surface area contributed by atoms with Gasteiger partial charge in [0, 0.05) is 9.52 Å². The van der Waals surface area contributed by atoms with Crippen molar-refractivity contribution < 1.29 is 9.90 Å². The van der Waals surface area contributed by atoms with Gasteiger partial charge in [0.2, 0.25) is 0 Å². The predicted molar refractivity (Wildman–Crippen MR) is 31.8 cm³/mol. The van der Waals surface area contributed by atoms with Crippen LogP contribution in [0.15, 0.2) is 0 Å². The van der Waals surface area contributed by atoms with Crippen LogP contribution in [0.5, 0.6) is 0 Å². The first kappa shape index (κ1) is 4.55. The van der Waals surface area contributed by atoms with Crippen molar-refractivity contribution in [2.45, 2.75) is 17.5 Å². The minimum Gasteiger partial charge on any atom is -0.481 e. The zero-order valence-corrected chi connectivity index (χ0v) is 5.97. The van der Waals surface area contributed by atoms with Gasteiger partial charge in [-0.15, -0.1) is 0 Å². The third-order valence-electron chi connectivity index (χ3n) is 2.60. The second-order valence-corrected chi connectivity index (χ2v) is 5.24. The van der Waals surface area contributed by atoms with Crippen LogP contribution >= 0.6 is 0 Å². The molecule has 2 rings (SSSR count). The fourth-order valence-corrected chi connectivity index (χ4v) is 4.02. The number of aliphatic carboxylic acids is 1. The van der Waals surface area contributed by atoms with E-state index in [0.29, 0.717) is 5.92 Å². The summed E-state index contributed by atoms with van der Waals surface area (Å²) in [7, 11) is -0.150. The zero-order valence-electron chi connectivity index (χ0n) is 4.55. The van der Waals surface area contributed by atoms with E-state index in [2.05, 4.69) is 0 Å². The fraction of sp³-hybridized carbons (Fsp3) is 0.800. The Bertz CT molecular complexity index is 153. The van der Waals surface area contributed by atoms with Crippen molar-refractivity contribution in [3.8, 4) is 0 Å². The Morgan fingerprint density at radius 3 is 2.62 bits per heavy atom. The summed E-state index contributed by atoms with van der Waals surface area (Å²) in [5, 5.41) is 8.51. The van der Waals surface area contributed by atoms with Gasteiger partial charge in [-0.3, -0.25) is 4.79 Å². The van der Waals surface area contributed by atoms with E-state index in [9.17, 15) is 4.79 Å². The van der Waals surface area contributed by atoms with E-state index in [0.717, 1.165) is 6.42 Å². The number of hydrogen-bond acceptors (Lipinski definition) is 1. The quantitative estimate of drug-likeness (QED) is 0.499. The van der Waals surface area contributed by atoms with E-state index in [1.165, 1.54) is 6.04 Å². The Morgan fingerprint density at radius 1 is 1.88 bits per heavy atom. The van der Waals surface area contributed by atoms with Gasteiger partial charge in [0.15, 0.2) is 0 Å². The van der Waals surface area contributed by atoms with E-state index in [4.69, 9.17) is 5.11 Å². The lowest BCUT2D eigenvalue weighted by Gasteiger charge is -2.18. The highest BCUT2D eigenvalue weighted by Crippen LogP contribution is 2.69. The van der Waals surface area contributed by atoms with Gasteiger partial charge in [-0.05, 0) is 12.3 Å². The summed E-state index contributed by atoms with van der Waals surface area (Å²) < 4.78 is 0. The average molecular weight is 128 g/mol. The maximum atomic E-state index is 10.4. The topological polar surface area (TPSA) is 37.3 Å². The maximum Gasteiger partial charge on any atom is 0.306 e. The molecule has 3 heteroatoms. The Labute approximate surface area is 49.7 Å². The maximum absolute atomic E-state index is 10.4. The van der Waals surface area contributed by atoms with Crippen LogP contribution in [0.3, 0.4) is 0 Å². The van der Waals surface area contributed by atoms with Gasteiger partial charge in [0.05, 0.1) is 5.04 Å². The molecule has 2 fully saturated rings. The Kier molecular flexibility index (Phi) is 0.571. The number of fused-ring (bicyclic) bond motifs is 1. The fourth-order valence-electron chi connectivity index (χ4n) is 1.65. The van der Waals surface area contributed by atoms with Crippen molar-refractivity contribution in [3.05, 3.63) is 0 Å². The number of hydrogen-bond donors (Lipinski definition) is 1. The first-order valence-electron chi connectivity index (χ1n) is 2.99. The van der Waals surface area contributed by atoms with Crippen LogP contribution in [-0.4, -0.2) is 20.6 Å². The van der Waals surface area contributed by atoms with Crippen molar-refractivity contribution in [1.82, 2.24) is 0 Å². The average Bonchev–Trinajstić information content (AvgIpc) is 2.10. The molecule has 0 bridgehead atoms. The minimum atomic E-state index is -0.500. The summed E-state index contributed by atoms with van der Waals surface area (Å²) in [6, 6.07) is 1.30. The molecule has 2 aliphatic rings. The van der Waals surface area contributed by atoms with Crippen LogP contribution in [0.25, 0.3) is 0 Å². The highest BCUT2D eigenvalue weighted by Gasteiger charge is 2.66. The molecule has 8 heavy (non-hydrogen) atoms. The molecule has 1 saturated carbocycles. The van der Waals surface area contributed by atoms with Crippen molar-refractivity contribution >= 4 is 15.5 Å². The van der Waals surface area contributed by atoms with E-state index in [1.54, 1.807) is 0 Å². The molecule has 1 aliphatic carbocycles. The monoisotopic (exact) mass is 128 g/mol. The first-order valence-corrected chi connectivity index (χ1v) is 4.70. The molecule has 44 valence electrons. The summed E-state index contributed by atoms with van der Waals surface area (Å²) in [6.07, 6.45) is 1.02. The molecule has 0 spiro atoms. The SMILES string of the molecule is O=C(O)C12CC1C[SiH2]2. The molecule has 1 aliphatic heterocycles. The van der Waals surface area contributed by atoms with E-state index >= 15 is 0 Å². The van der Waals surface area contributed by atoms with E-state index in [1.807, 2.05) is 0 Å². The van der Waals surface area contributed by atoms with Crippen LogP contribution in [0.1, 0.15) is 6.42 Å². The van der Waals surface area contributed by atoms with Gasteiger partial charge in [-0.2, -0.15) is 0 Å². The van der Waals surface area contributed by atoms with Gasteiger partial charge >= 0.3 is 5.97 Å². The van der Waals surface area contributed by atoms with Crippen LogP contribution in [0.2, 0.25) is 11.1 Å². The molecule has 2 nitrogen and oxygen atoms in total. The molecule has 2 atom stereocenters. The number of carbonyl (C=O) groups is 1. The highest BCUT2D eigenvalue weighted by atomic mass is 28.2. The lowest BCUT2D eigenvalue weighted by Crippen LogP contribution is -2.25. The highest BCUT2D eigenvalue weighted by molar-refractivity contribution is 6.54. The molecule has 1 heterocycles. The number of carboxylic acids is 1. The van der Waals surface area contributed by atoms with Crippen molar-refractivity contribution in [1.29, 1.82) is 0 Å². The zero-order chi connectivity index (χ0) is 5.78. The normalized spacial score (nSPS) is 52.2. The molecule has 2 unspecified atom stereocenters. The van der Waals surface area contributed by atoms with Crippen molar-refractivity contribution in [2.75, 3.05) is 0 Å². The first-order chi connectivity index (χ1) is 3.76.